The van der Waals surface area contributed by atoms with Gasteiger partial charge in [0.1, 0.15) is 0 Å². The van der Waals surface area contributed by atoms with E-state index in [1.807, 2.05) is 27.7 Å². The summed E-state index contributed by atoms with van der Waals surface area (Å²) in [5.41, 5.74) is 2.93. The molecular formula is C14H21NO. The Morgan fingerprint density at radius 3 is 2.44 bits per heavy atom. The van der Waals surface area contributed by atoms with E-state index < -0.39 is 0 Å². The Balaban J connectivity index is 2.92. The van der Waals surface area contributed by atoms with E-state index in [0.29, 0.717) is 0 Å². The number of aryl methyl sites for hydroxylation is 2. The highest BCUT2D eigenvalue weighted by Gasteiger charge is 2.21. The summed E-state index contributed by atoms with van der Waals surface area (Å²) < 4.78 is 0. The summed E-state index contributed by atoms with van der Waals surface area (Å²) in [6.07, 6.45) is 0.985. The molecule has 88 valence electrons. The molecule has 0 radical (unpaired) electrons. The van der Waals surface area contributed by atoms with Crippen LogP contribution in [0.2, 0.25) is 0 Å². The minimum Gasteiger partial charge on any atom is -0.325 e. The molecule has 0 aromatic heterocycles. The van der Waals surface area contributed by atoms with Gasteiger partial charge in [-0.2, -0.15) is 0 Å². The van der Waals surface area contributed by atoms with E-state index >= 15 is 0 Å². The first kappa shape index (κ1) is 12.8. The van der Waals surface area contributed by atoms with Gasteiger partial charge in [-0.1, -0.05) is 39.8 Å². The van der Waals surface area contributed by atoms with E-state index in [1.165, 1.54) is 5.56 Å². The van der Waals surface area contributed by atoms with Crippen molar-refractivity contribution in [1.29, 1.82) is 0 Å². The van der Waals surface area contributed by atoms with Crippen molar-refractivity contribution in [2.75, 3.05) is 5.32 Å². The molecule has 0 aliphatic heterocycles. The summed E-state index contributed by atoms with van der Waals surface area (Å²) in [7, 11) is 0. The van der Waals surface area contributed by atoms with Crippen LogP contribution in [-0.4, -0.2) is 5.91 Å². The van der Waals surface area contributed by atoms with Gasteiger partial charge in [0.05, 0.1) is 0 Å². The van der Waals surface area contributed by atoms with Crippen LogP contribution in [0.1, 0.15) is 38.8 Å². The molecule has 0 bridgehead atoms. The number of hydrogen-bond donors (Lipinski definition) is 1. The van der Waals surface area contributed by atoms with Gasteiger partial charge < -0.3 is 5.32 Å². The average molecular weight is 219 g/mol. The molecule has 1 amide bonds. The van der Waals surface area contributed by atoms with Gasteiger partial charge in [0, 0.05) is 11.1 Å². The van der Waals surface area contributed by atoms with Crippen molar-refractivity contribution < 1.29 is 4.79 Å². The maximum Gasteiger partial charge on any atom is 0.229 e. The van der Waals surface area contributed by atoms with Crippen LogP contribution in [0, 0.1) is 12.3 Å². The first-order valence-electron chi connectivity index (χ1n) is 5.75. The van der Waals surface area contributed by atoms with Gasteiger partial charge in [-0.15, -0.1) is 0 Å². The molecule has 1 aromatic rings. The highest BCUT2D eigenvalue weighted by Crippen LogP contribution is 2.21. The lowest BCUT2D eigenvalue weighted by Gasteiger charge is -2.19. The van der Waals surface area contributed by atoms with Crippen molar-refractivity contribution in [3.05, 3.63) is 29.3 Å². The molecule has 2 nitrogen and oxygen atoms in total. The van der Waals surface area contributed by atoms with Crippen LogP contribution >= 0.6 is 0 Å². The number of nitrogens with one attached hydrogen (secondary N) is 1. The molecule has 0 fully saturated rings. The molecule has 0 heterocycles. The number of hydrogen-bond acceptors (Lipinski definition) is 1. The van der Waals surface area contributed by atoms with Gasteiger partial charge in [-0.3, -0.25) is 4.79 Å². The van der Waals surface area contributed by atoms with Gasteiger partial charge in [-0.25, -0.2) is 0 Å². The Hall–Kier alpha value is -1.31. The minimum atomic E-state index is -0.353. The summed E-state index contributed by atoms with van der Waals surface area (Å²) in [5.74, 6) is 0.0591. The predicted molar refractivity (Wildman–Crippen MR) is 68.6 cm³/mol. The van der Waals surface area contributed by atoms with Gasteiger partial charge >= 0.3 is 0 Å². The van der Waals surface area contributed by atoms with E-state index in [4.69, 9.17) is 0 Å². The lowest BCUT2D eigenvalue weighted by molar-refractivity contribution is -0.123. The number of benzene rings is 1. The summed E-state index contributed by atoms with van der Waals surface area (Å²) in [4.78, 5) is 11.9. The topological polar surface area (TPSA) is 29.1 Å². The predicted octanol–water partition coefficient (Wildman–Crippen LogP) is 3.54. The summed E-state index contributed by atoms with van der Waals surface area (Å²) in [6.45, 7) is 9.88. The largest absolute Gasteiger partial charge is 0.325 e. The molecule has 0 aliphatic rings. The number of rotatable bonds is 2. The Labute approximate surface area is 98.1 Å². The molecule has 0 saturated heterocycles. The Bertz CT molecular complexity index is 388. The van der Waals surface area contributed by atoms with Crippen LogP contribution in [0.4, 0.5) is 5.69 Å². The molecular weight excluding hydrogens is 198 g/mol. The molecule has 16 heavy (non-hydrogen) atoms. The lowest BCUT2D eigenvalue weighted by atomic mass is 9.95. The van der Waals surface area contributed by atoms with Crippen LogP contribution < -0.4 is 5.32 Å². The van der Waals surface area contributed by atoms with E-state index in [9.17, 15) is 4.79 Å². The second kappa shape index (κ2) is 4.69. The number of carbonyl (C=O) groups excluding carboxylic acids is 1. The fraction of sp³-hybridized carbons (Fsp3) is 0.500. The van der Waals surface area contributed by atoms with Crippen molar-refractivity contribution >= 4 is 11.6 Å². The summed E-state index contributed by atoms with van der Waals surface area (Å²) in [6, 6.07) is 6.21. The fourth-order valence-corrected chi connectivity index (χ4v) is 1.33. The van der Waals surface area contributed by atoms with Crippen molar-refractivity contribution in [2.24, 2.45) is 5.41 Å². The van der Waals surface area contributed by atoms with Crippen LogP contribution in [0.15, 0.2) is 18.2 Å². The van der Waals surface area contributed by atoms with Crippen LogP contribution in [0.25, 0.3) is 0 Å². The molecule has 0 atom stereocenters. The third-order valence-electron chi connectivity index (χ3n) is 2.64. The van der Waals surface area contributed by atoms with Gasteiger partial charge in [-0.05, 0) is 30.5 Å². The van der Waals surface area contributed by atoms with E-state index in [2.05, 4.69) is 30.4 Å². The zero-order valence-electron chi connectivity index (χ0n) is 10.8. The fourth-order valence-electron chi connectivity index (χ4n) is 1.33. The maximum atomic E-state index is 11.9. The molecule has 2 heteroatoms. The summed E-state index contributed by atoms with van der Waals surface area (Å²) in [5, 5.41) is 2.99. The van der Waals surface area contributed by atoms with Crippen LogP contribution in [0.3, 0.4) is 0 Å². The molecule has 1 N–H and O–H groups in total. The maximum absolute atomic E-state index is 11.9. The van der Waals surface area contributed by atoms with E-state index in [0.717, 1.165) is 17.7 Å². The average Bonchev–Trinajstić information content (AvgIpc) is 2.19. The van der Waals surface area contributed by atoms with Gasteiger partial charge in [0.15, 0.2) is 0 Å². The molecule has 1 rings (SSSR count). The Morgan fingerprint density at radius 2 is 1.94 bits per heavy atom. The summed E-state index contributed by atoms with van der Waals surface area (Å²) >= 11 is 0. The molecule has 0 aliphatic carbocycles. The van der Waals surface area contributed by atoms with Gasteiger partial charge in [0.25, 0.3) is 0 Å². The monoisotopic (exact) mass is 219 g/mol. The van der Waals surface area contributed by atoms with E-state index in [-0.39, 0.29) is 11.3 Å². The molecule has 0 spiro atoms. The smallest absolute Gasteiger partial charge is 0.229 e. The second-order valence-corrected chi connectivity index (χ2v) is 5.21. The Morgan fingerprint density at radius 1 is 1.31 bits per heavy atom. The zero-order valence-corrected chi connectivity index (χ0v) is 10.8. The highest BCUT2D eigenvalue weighted by molar-refractivity contribution is 5.95. The lowest BCUT2D eigenvalue weighted by Crippen LogP contribution is -2.27. The molecule has 1 aromatic carbocycles. The van der Waals surface area contributed by atoms with Gasteiger partial charge in [0.2, 0.25) is 5.91 Å². The number of carbonyl (C=O) groups is 1. The normalized spacial score (nSPS) is 11.3. The number of amides is 1. The minimum absolute atomic E-state index is 0.0591. The standard InChI is InChI=1S/C14H21NO/c1-6-11-8-7-10(2)12(9-11)15-13(16)14(3,4)5/h7-9H,6H2,1-5H3,(H,15,16). The highest BCUT2D eigenvalue weighted by atomic mass is 16.2. The third kappa shape index (κ3) is 3.09. The first-order valence-corrected chi connectivity index (χ1v) is 5.75. The second-order valence-electron chi connectivity index (χ2n) is 5.21. The number of anilines is 1. The zero-order chi connectivity index (χ0) is 12.3. The van der Waals surface area contributed by atoms with Crippen molar-refractivity contribution in [3.8, 4) is 0 Å². The van der Waals surface area contributed by atoms with Crippen molar-refractivity contribution in [1.82, 2.24) is 0 Å². The molecule has 0 saturated carbocycles. The van der Waals surface area contributed by atoms with Crippen molar-refractivity contribution in [2.45, 2.75) is 41.0 Å². The van der Waals surface area contributed by atoms with E-state index in [1.54, 1.807) is 0 Å². The Kier molecular flexibility index (Phi) is 3.74. The quantitative estimate of drug-likeness (QED) is 0.809. The van der Waals surface area contributed by atoms with Crippen LogP contribution in [-0.2, 0) is 11.2 Å². The first-order chi connectivity index (χ1) is 7.34. The van der Waals surface area contributed by atoms with Crippen molar-refractivity contribution in [3.63, 3.8) is 0 Å². The van der Waals surface area contributed by atoms with Crippen LogP contribution in [0.5, 0.6) is 0 Å². The molecule has 0 unspecified atom stereocenters. The third-order valence-corrected chi connectivity index (χ3v) is 2.64. The SMILES string of the molecule is CCc1ccc(C)c(NC(=O)C(C)(C)C)c1.